The van der Waals surface area contributed by atoms with Crippen LogP contribution in [0.25, 0.3) is 11.2 Å². The number of esters is 3. The molecule has 0 spiro atoms. The van der Waals surface area contributed by atoms with Crippen LogP contribution in [0.2, 0.25) is 0 Å². The Kier molecular flexibility index (Phi) is 7.93. The van der Waals surface area contributed by atoms with E-state index in [1.807, 2.05) is 0 Å². The molecule has 0 bridgehead atoms. The van der Waals surface area contributed by atoms with Gasteiger partial charge in [-0.25, -0.2) is 19.4 Å². The predicted molar refractivity (Wildman–Crippen MR) is 152 cm³/mol. The van der Waals surface area contributed by atoms with Gasteiger partial charge in [-0.1, -0.05) is 54.6 Å². The maximum absolute atomic E-state index is 14.3. The average molecular weight is 598 g/mol. The molecule has 3 heterocycles. The van der Waals surface area contributed by atoms with Crippen LogP contribution in [0.4, 0.5) is 10.2 Å². The van der Waals surface area contributed by atoms with Gasteiger partial charge in [0.15, 0.2) is 35.4 Å². The molecule has 2 N–H and O–H groups in total. The number of hydrogen-bond acceptors (Lipinski definition) is 11. The van der Waals surface area contributed by atoms with E-state index in [0.29, 0.717) is 0 Å². The van der Waals surface area contributed by atoms with Crippen LogP contribution >= 0.6 is 0 Å². The summed E-state index contributed by atoms with van der Waals surface area (Å²) in [5.41, 5.74) is 6.60. The number of rotatable bonds is 8. The van der Waals surface area contributed by atoms with E-state index in [2.05, 4.69) is 15.0 Å². The summed E-state index contributed by atoms with van der Waals surface area (Å²) >= 11 is 0. The third-order valence-corrected chi connectivity index (χ3v) is 6.87. The van der Waals surface area contributed by atoms with E-state index >= 15 is 0 Å². The number of benzene rings is 3. The fraction of sp³-hybridized carbons (Fsp3) is 0.161. The molecule has 0 amide bonds. The van der Waals surface area contributed by atoms with Gasteiger partial charge in [0, 0.05) is 0 Å². The van der Waals surface area contributed by atoms with E-state index in [1.54, 1.807) is 91.0 Å². The second-order valence-electron chi connectivity index (χ2n) is 9.70. The monoisotopic (exact) mass is 597 g/mol. The maximum atomic E-state index is 14.3. The summed E-state index contributed by atoms with van der Waals surface area (Å²) < 4.78 is 39.1. The van der Waals surface area contributed by atoms with Crippen LogP contribution in [0.3, 0.4) is 0 Å². The van der Waals surface area contributed by atoms with E-state index in [1.165, 1.54) is 10.9 Å². The van der Waals surface area contributed by atoms with Gasteiger partial charge in [0.05, 0.1) is 23.0 Å². The molecule has 0 radical (unpaired) electrons. The zero-order valence-electron chi connectivity index (χ0n) is 22.9. The topological polar surface area (TPSA) is 158 Å². The van der Waals surface area contributed by atoms with Gasteiger partial charge in [0.1, 0.15) is 12.7 Å². The summed E-state index contributed by atoms with van der Waals surface area (Å²) in [5.74, 6) is -2.37. The number of nitrogen functional groups attached to an aromatic ring is 1. The summed E-state index contributed by atoms with van der Waals surface area (Å²) in [6.07, 6.45) is -4.91. The minimum absolute atomic E-state index is 0.0594. The molecule has 0 aliphatic carbocycles. The van der Waals surface area contributed by atoms with Gasteiger partial charge < -0.3 is 24.7 Å². The van der Waals surface area contributed by atoms with Gasteiger partial charge >= 0.3 is 24.0 Å². The van der Waals surface area contributed by atoms with Crippen molar-refractivity contribution in [3.8, 4) is 0 Å². The van der Waals surface area contributed by atoms with Crippen LogP contribution < -0.4 is 5.73 Å². The number of nitrogens with two attached hydrogens (primary N) is 1. The van der Waals surface area contributed by atoms with Crippen LogP contribution in [-0.2, 0) is 18.9 Å². The van der Waals surface area contributed by atoms with Crippen molar-refractivity contribution < 1.29 is 37.7 Å². The number of ether oxygens (including phenoxy) is 4. The zero-order chi connectivity index (χ0) is 30.6. The van der Waals surface area contributed by atoms with Gasteiger partial charge in [-0.2, -0.15) is 14.4 Å². The van der Waals surface area contributed by atoms with Crippen LogP contribution in [0.15, 0.2) is 97.3 Å². The highest BCUT2D eigenvalue weighted by Crippen LogP contribution is 2.37. The van der Waals surface area contributed by atoms with Crippen molar-refractivity contribution in [1.29, 1.82) is 0 Å². The van der Waals surface area contributed by atoms with E-state index in [4.69, 9.17) is 24.7 Å². The summed E-state index contributed by atoms with van der Waals surface area (Å²) in [7, 11) is 0. The normalized spacial score (nSPS) is 19.4. The van der Waals surface area contributed by atoms with Crippen molar-refractivity contribution in [3.63, 3.8) is 0 Å². The molecule has 4 atom stereocenters. The molecule has 3 aromatic carbocycles. The Morgan fingerprint density at radius 2 is 1.30 bits per heavy atom. The predicted octanol–water partition coefficient (Wildman–Crippen LogP) is 3.75. The summed E-state index contributed by atoms with van der Waals surface area (Å²) in [4.78, 5) is 50.9. The lowest BCUT2D eigenvalue weighted by Crippen LogP contribution is -2.41. The molecule has 222 valence electrons. The van der Waals surface area contributed by atoms with Crippen molar-refractivity contribution >= 4 is 34.9 Å². The first kappa shape index (κ1) is 28.4. The van der Waals surface area contributed by atoms with Crippen molar-refractivity contribution in [2.45, 2.75) is 24.5 Å². The number of aromatic nitrogens is 4. The lowest BCUT2D eigenvalue weighted by molar-refractivity contribution is -0.0606. The highest BCUT2D eigenvalue weighted by Gasteiger charge is 2.52. The molecule has 0 saturated carbocycles. The molecule has 5 aromatic rings. The number of carbonyl (C=O) groups excluding carboxylic acids is 3. The smallest absolute Gasteiger partial charge is 0.338 e. The largest absolute Gasteiger partial charge is 0.459 e. The Bertz CT molecular complexity index is 1800. The molecule has 0 unspecified atom stereocenters. The molecular formula is C31H24FN5O7. The molecule has 13 heteroatoms. The van der Waals surface area contributed by atoms with Gasteiger partial charge in [-0.15, -0.1) is 0 Å². The van der Waals surface area contributed by atoms with E-state index < -0.39 is 55.1 Å². The van der Waals surface area contributed by atoms with Gasteiger partial charge in [-0.05, 0) is 36.4 Å². The molecule has 2 aromatic heterocycles. The van der Waals surface area contributed by atoms with Crippen LogP contribution in [0, 0.1) is 6.08 Å². The fourth-order valence-electron chi connectivity index (χ4n) is 4.78. The zero-order valence-corrected chi connectivity index (χ0v) is 22.9. The third kappa shape index (κ3) is 5.80. The van der Waals surface area contributed by atoms with Crippen LogP contribution in [0.5, 0.6) is 0 Å². The summed E-state index contributed by atoms with van der Waals surface area (Å²) in [5, 5.41) is 0. The fourth-order valence-corrected chi connectivity index (χ4v) is 4.78. The average Bonchev–Trinajstić information content (AvgIpc) is 3.62. The number of nitrogens with zero attached hydrogens (tertiary/aromatic N) is 4. The Labute approximate surface area is 249 Å². The van der Waals surface area contributed by atoms with Gasteiger partial charge in [-0.3, -0.25) is 4.57 Å². The molecule has 6 rings (SSSR count). The number of imidazole rings is 1. The first-order chi connectivity index (χ1) is 21.4. The number of hydrogen-bond donors (Lipinski definition) is 1. The maximum Gasteiger partial charge on any atom is 0.338 e. The minimum atomic E-state index is -1.34. The second kappa shape index (κ2) is 12.3. The Morgan fingerprint density at radius 3 is 1.86 bits per heavy atom. The standard InChI is InChI=1S/C31H24FN5O7/c32-31-35-25(33)22-26(36-31)37(17-34-22)27-24(44-30(40)20-14-8-3-9-15-20)23(43-29(39)19-12-6-2-7-13-19)21(42-27)16-41-28(38)18-10-4-1-5-11-18/h1-15,17,21,23-24,27H,16H2,(H2,33,35,36)/t21-,23+,24+,27-/m1/s1. The van der Waals surface area contributed by atoms with Crippen molar-refractivity contribution in [2.24, 2.45) is 0 Å². The molecular weight excluding hydrogens is 573 g/mol. The molecule has 44 heavy (non-hydrogen) atoms. The van der Waals surface area contributed by atoms with Crippen LogP contribution in [0.1, 0.15) is 37.3 Å². The number of halogens is 1. The Balaban J connectivity index is 1.39. The van der Waals surface area contributed by atoms with Gasteiger partial charge in [0.25, 0.3) is 0 Å². The van der Waals surface area contributed by atoms with Gasteiger partial charge in [0.2, 0.25) is 0 Å². The number of anilines is 1. The Morgan fingerprint density at radius 1 is 0.773 bits per heavy atom. The molecule has 1 fully saturated rings. The third-order valence-electron chi connectivity index (χ3n) is 6.87. The highest BCUT2D eigenvalue weighted by atomic mass is 19.1. The van der Waals surface area contributed by atoms with Crippen molar-refractivity contribution in [1.82, 2.24) is 19.5 Å². The van der Waals surface area contributed by atoms with Crippen molar-refractivity contribution in [3.05, 3.63) is 120 Å². The minimum Gasteiger partial charge on any atom is -0.459 e. The first-order valence-electron chi connectivity index (χ1n) is 13.4. The lowest BCUT2D eigenvalue weighted by Gasteiger charge is -2.25. The molecule has 12 nitrogen and oxygen atoms in total. The van der Waals surface area contributed by atoms with E-state index in [-0.39, 0.29) is 33.7 Å². The van der Waals surface area contributed by atoms with E-state index in [0.717, 1.165) is 0 Å². The second-order valence-corrected chi connectivity index (χ2v) is 9.70. The summed E-state index contributed by atoms with van der Waals surface area (Å²) in [6, 6.07) is 24.6. The summed E-state index contributed by atoms with van der Waals surface area (Å²) in [6.45, 7) is -0.394. The Hall–Kier alpha value is -5.69. The quantitative estimate of drug-likeness (QED) is 0.158. The molecule has 1 aliphatic heterocycles. The van der Waals surface area contributed by atoms with E-state index in [9.17, 15) is 18.8 Å². The number of carbonyl (C=O) groups is 3. The highest BCUT2D eigenvalue weighted by molar-refractivity contribution is 5.91. The van der Waals surface area contributed by atoms with Crippen LogP contribution in [-0.4, -0.2) is 62.3 Å². The SMILES string of the molecule is Nc1nc(F)nc2c1ncn2[C@@H]1O[C@H](COC(=O)c2ccccc2)[C@H](OC(=O)c2ccccc2)[C@@H]1OC(=O)c1ccccc1. The number of fused-ring (bicyclic) bond motifs is 1. The molecule has 1 aliphatic rings. The lowest BCUT2D eigenvalue weighted by atomic mass is 10.1. The molecule has 1 saturated heterocycles. The first-order valence-corrected chi connectivity index (χ1v) is 13.4. The van der Waals surface area contributed by atoms with Crippen molar-refractivity contribution in [2.75, 3.05) is 12.3 Å².